The third-order valence-electron chi connectivity index (χ3n) is 2.98. The van der Waals surface area contributed by atoms with Crippen molar-refractivity contribution in [3.05, 3.63) is 29.8 Å². The van der Waals surface area contributed by atoms with Crippen LogP contribution in [0.1, 0.15) is 39.7 Å². The number of para-hydroxylation sites is 1. The molecule has 18 heavy (non-hydrogen) atoms. The van der Waals surface area contributed by atoms with Crippen LogP contribution >= 0.6 is 0 Å². The normalized spacial score (nSPS) is 11.4. The molecule has 3 heteroatoms. The van der Waals surface area contributed by atoms with Gasteiger partial charge in [-0.3, -0.25) is 4.79 Å². The van der Waals surface area contributed by atoms with Crippen LogP contribution in [0.15, 0.2) is 24.3 Å². The molecule has 0 saturated carbocycles. The summed E-state index contributed by atoms with van der Waals surface area (Å²) in [5.74, 6) is 0.0942. The molecule has 100 valence electrons. The Bertz CT molecular complexity index is 407. The highest BCUT2D eigenvalue weighted by atomic mass is 16.2. The fourth-order valence-electron chi connectivity index (χ4n) is 2.08. The first kappa shape index (κ1) is 14.7. The lowest BCUT2D eigenvalue weighted by Crippen LogP contribution is -2.34. The van der Waals surface area contributed by atoms with Gasteiger partial charge < -0.3 is 10.6 Å². The third kappa shape index (κ3) is 3.33. The number of amides is 1. The van der Waals surface area contributed by atoms with Gasteiger partial charge in [-0.25, -0.2) is 0 Å². The first-order valence-corrected chi connectivity index (χ1v) is 6.51. The van der Waals surface area contributed by atoms with Crippen LogP contribution in [0.4, 0.5) is 5.69 Å². The molecule has 1 aromatic carbocycles. The second-order valence-corrected chi connectivity index (χ2v) is 5.44. The van der Waals surface area contributed by atoms with Gasteiger partial charge in [-0.15, -0.1) is 0 Å². The summed E-state index contributed by atoms with van der Waals surface area (Å²) < 4.78 is 0. The van der Waals surface area contributed by atoms with Crippen molar-refractivity contribution in [2.75, 3.05) is 18.0 Å². The lowest BCUT2D eigenvalue weighted by Gasteiger charge is -2.29. The predicted octanol–water partition coefficient (Wildman–Crippen LogP) is 2.69. The topological polar surface area (TPSA) is 46.3 Å². The Morgan fingerprint density at radius 2 is 1.89 bits per heavy atom. The van der Waals surface area contributed by atoms with Gasteiger partial charge in [0.2, 0.25) is 5.91 Å². The SMILES string of the molecule is CCN(C(=O)CCN)c1ccccc1C(C)(C)C. The number of rotatable bonds is 4. The Balaban J connectivity index is 3.18. The van der Waals surface area contributed by atoms with E-state index in [9.17, 15) is 4.79 Å². The highest BCUT2D eigenvalue weighted by molar-refractivity contribution is 5.94. The van der Waals surface area contributed by atoms with E-state index in [-0.39, 0.29) is 11.3 Å². The second kappa shape index (κ2) is 6.01. The van der Waals surface area contributed by atoms with E-state index >= 15 is 0 Å². The minimum Gasteiger partial charge on any atom is -0.330 e. The van der Waals surface area contributed by atoms with Crippen LogP contribution in [0.2, 0.25) is 0 Å². The van der Waals surface area contributed by atoms with Crippen LogP contribution in [-0.4, -0.2) is 19.0 Å². The van der Waals surface area contributed by atoms with E-state index in [1.165, 1.54) is 5.56 Å². The second-order valence-electron chi connectivity index (χ2n) is 5.44. The van der Waals surface area contributed by atoms with Crippen LogP contribution in [0.25, 0.3) is 0 Å². The molecule has 0 heterocycles. The average Bonchev–Trinajstić information content (AvgIpc) is 2.29. The maximum absolute atomic E-state index is 12.1. The molecule has 3 nitrogen and oxygen atoms in total. The average molecular weight is 248 g/mol. The molecular formula is C15H24N2O. The summed E-state index contributed by atoms with van der Waals surface area (Å²) in [6, 6.07) is 8.10. The van der Waals surface area contributed by atoms with Gasteiger partial charge in [-0.1, -0.05) is 39.0 Å². The van der Waals surface area contributed by atoms with E-state index < -0.39 is 0 Å². The molecule has 0 saturated heterocycles. The molecule has 0 atom stereocenters. The summed E-state index contributed by atoms with van der Waals surface area (Å²) in [7, 11) is 0. The Kier molecular flexibility index (Phi) is 4.91. The highest BCUT2D eigenvalue weighted by Crippen LogP contribution is 2.31. The van der Waals surface area contributed by atoms with E-state index in [0.717, 1.165) is 5.69 Å². The van der Waals surface area contributed by atoms with Crippen molar-refractivity contribution in [1.29, 1.82) is 0 Å². The van der Waals surface area contributed by atoms with Gasteiger partial charge in [-0.05, 0) is 24.0 Å². The smallest absolute Gasteiger partial charge is 0.228 e. The van der Waals surface area contributed by atoms with Crippen molar-refractivity contribution in [2.45, 2.75) is 39.5 Å². The molecule has 1 aromatic rings. The van der Waals surface area contributed by atoms with Crippen LogP contribution in [0, 0.1) is 0 Å². The van der Waals surface area contributed by atoms with Gasteiger partial charge in [0, 0.05) is 25.2 Å². The van der Waals surface area contributed by atoms with Crippen molar-refractivity contribution in [2.24, 2.45) is 5.73 Å². The van der Waals surface area contributed by atoms with Crippen molar-refractivity contribution in [3.63, 3.8) is 0 Å². The number of hydrogen-bond acceptors (Lipinski definition) is 2. The Hall–Kier alpha value is -1.35. The molecule has 0 fully saturated rings. The summed E-state index contributed by atoms with van der Waals surface area (Å²) in [6.45, 7) is 9.54. The summed E-state index contributed by atoms with van der Waals surface area (Å²) in [6.07, 6.45) is 0.395. The number of anilines is 1. The number of nitrogens with zero attached hydrogens (tertiary/aromatic N) is 1. The van der Waals surface area contributed by atoms with E-state index in [4.69, 9.17) is 5.73 Å². The molecule has 0 aliphatic carbocycles. The van der Waals surface area contributed by atoms with Crippen LogP contribution < -0.4 is 10.6 Å². The molecule has 1 amide bonds. The zero-order valence-corrected chi connectivity index (χ0v) is 11.9. The summed E-state index contributed by atoms with van der Waals surface area (Å²) in [5.41, 5.74) is 7.69. The van der Waals surface area contributed by atoms with Crippen LogP contribution in [0.5, 0.6) is 0 Å². The number of nitrogens with two attached hydrogens (primary N) is 1. The third-order valence-corrected chi connectivity index (χ3v) is 2.98. The zero-order chi connectivity index (χ0) is 13.8. The Labute approximate surface area is 110 Å². The first-order chi connectivity index (χ1) is 8.41. The summed E-state index contributed by atoms with van der Waals surface area (Å²) in [4.78, 5) is 13.9. The summed E-state index contributed by atoms with van der Waals surface area (Å²) >= 11 is 0. The van der Waals surface area contributed by atoms with E-state index in [0.29, 0.717) is 19.5 Å². The number of carbonyl (C=O) groups excluding carboxylic acids is 1. The van der Waals surface area contributed by atoms with Crippen LogP contribution in [0.3, 0.4) is 0 Å². The lowest BCUT2D eigenvalue weighted by atomic mass is 9.85. The monoisotopic (exact) mass is 248 g/mol. The molecule has 0 aliphatic heterocycles. The van der Waals surface area contributed by atoms with Crippen molar-refractivity contribution >= 4 is 11.6 Å². The molecule has 0 bridgehead atoms. The quantitative estimate of drug-likeness (QED) is 0.890. The predicted molar refractivity (Wildman–Crippen MR) is 76.8 cm³/mol. The van der Waals surface area contributed by atoms with E-state index in [1.54, 1.807) is 0 Å². The minimum absolute atomic E-state index is 0.0208. The molecule has 0 radical (unpaired) electrons. The standard InChI is InChI=1S/C15H24N2O/c1-5-17(14(18)10-11-16)13-9-7-6-8-12(13)15(2,3)4/h6-9H,5,10-11,16H2,1-4H3. The van der Waals surface area contributed by atoms with Gasteiger partial charge in [0.05, 0.1) is 0 Å². The molecular weight excluding hydrogens is 224 g/mol. The van der Waals surface area contributed by atoms with Gasteiger partial charge in [0.15, 0.2) is 0 Å². The summed E-state index contributed by atoms with van der Waals surface area (Å²) in [5, 5.41) is 0. The molecule has 0 unspecified atom stereocenters. The fourth-order valence-corrected chi connectivity index (χ4v) is 2.08. The maximum atomic E-state index is 12.1. The Morgan fingerprint density at radius 3 is 2.39 bits per heavy atom. The van der Waals surface area contributed by atoms with E-state index in [1.807, 2.05) is 30.0 Å². The molecule has 0 aliphatic rings. The maximum Gasteiger partial charge on any atom is 0.228 e. The molecule has 0 aromatic heterocycles. The first-order valence-electron chi connectivity index (χ1n) is 6.51. The number of carbonyl (C=O) groups is 1. The minimum atomic E-state index is 0.0208. The van der Waals surface area contributed by atoms with Crippen molar-refractivity contribution < 1.29 is 4.79 Å². The Morgan fingerprint density at radius 1 is 1.28 bits per heavy atom. The fraction of sp³-hybridized carbons (Fsp3) is 0.533. The van der Waals surface area contributed by atoms with Crippen molar-refractivity contribution in [3.8, 4) is 0 Å². The number of hydrogen-bond donors (Lipinski definition) is 1. The molecule has 1 rings (SSSR count). The van der Waals surface area contributed by atoms with Gasteiger partial charge in [0.25, 0.3) is 0 Å². The largest absolute Gasteiger partial charge is 0.330 e. The van der Waals surface area contributed by atoms with Crippen LogP contribution in [-0.2, 0) is 10.2 Å². The number of benzene rings is 1. The van der Waals surface area contributed by atoms with Gasteiger partial charge >= 0.3 is 0 Å². The lowest BCUT2D eigenvalue weighted by molar-refractivity contribution is -0.118. The van der Waals surface area contributed by atoms with Gasteiger partial charge in [-0.2, -0.15) is 0 Å². The molecule has 2 N–H and O–H groups in total. The highest BCUT2D eigenvalue weighted by Gasteiger charge is 2.22. The van der Waals surface area contributed by atoms with Crippen molar-refractivity contribution in [1.82, 2.24) is 0 Å². The van der Waals surface area contributed by atoms with Gasteiger partial charge in [0.1, 0.15) is 0 Å². The molecule has 0 spiro atoms. The van der Waals surface area contributed by atoms with E-state index in [2.05, 4.69) is 26.8 Å². The zero-order valence-electron chi connectivity index (χ0n) is 11.9.